The van der Waals surface area contributed by atoms with Crippen LogP contribution in [-0.2, 0) is 7.05 Å². The highest BCUT2D eigenvalue weighted by Crippen LogP contribution is 2.34. The van der Waals surface area contributed by atoms with Crippen molar-refractivity contribution in [2.45, 2.75) is 10.1 Å². The van der Waals surface area contributed by atoms with Gasteiger partial charge in [0.15, 0.2) is 21.9 Å². The highest BCUT2D eigenvalue weighted by molar-refractivity contribution is 7.99. The van der Waals surface area contributed by atoms with Crippen LogP contribution in [0.3, 0.4) is 0 Å². The van der Waals surface area contributed by atoms with E-state index < -0.39 is 22.5 Å². The summed E-state index contributed by atoms with van der Waals surface area (Å²) in [6.45, 7) is 0. The van der Waals surface area contributed by atoms with Gasteiger partial charge in [-0.3, -0.25) is 20.2 Å². The van der Waals surface area contributed by atoms with E-state index in [2.05, 4.69) is 20.5 Å². The largest absolute Gasteiger partial charge is 0.311 e. The lowest BCUT2D eigenvalue weighted by atomic mass is 10.2. The summed E-state index contributed by atoms with van der Waals surface area (Å²) in [5.41, 5.74) is -0.0552. The number of carbonyl (C=O) groups excluding carboxylic acids is 1. The van der Waals surface area contributed by atoms with Crippen molar-refractivity contribution in [3.8, 4) is 0 Å². The molecule has 0 unspecified atom stereocenters. The number of rotatable bonds is 5. The minimum absolute atomic E-state index is 0.0284. The highest BCUT2D eigenvalue weighted by Gasteiger charge is 2.21. The quantitative estimate of drug-likeness (QED) is 0.362. The first-order valence-corrected chi connectivity index (χ1v) is 9.82. The SMILES string of the molecule is Cn1cnnc1Sc1ccc(C(=O)Nc2nc3cc(F)c(F)cc3s2)cc1[N+](=O)[O-]. The summed E-state index contributed by atoms with van der Waals surface area (Å²) in [4.78, 5) is 27.8. The van der Waals surface area contributed by atoms with Crippen LogP contribution in [-0.4, -0.2) is 30.6 Å². The molecule has 0 atom stereocenters. The predicted molar refractivity (Wildman–Crippen MR) is 106 cm³/mol. The van der Waals surface area contributed by atoms with Gasteiger partial charge < -0.3 is 4.57 Å². The standard InChI is InChI=1S/C17H10F2N6O3S2/c1-24-7-20-23-17(24)30-13-3-2-8(4-12(13)25(27)28)15(26)22-16-21-11-5-9(18)10(19)6-14(11)29-16/h2-7H,1H3,(H,21,22,26). The Kier molecular flexibility index (Phi) is 5.13. The average molecular weight is 448 g/mol. The Morgan fingerprint density at radius 2 is 2.03 bits per heavy atom. The summed E-state index contributed by atoms with van der Waals surface area (Å²) >= 11 is 2.00. The lowest BCUT2D eigenvalue weighted by Crippen LogP contribution is -2.12. The highest BCUT2D eigenvalue weighted by atomic mass is 32.2. The minimum atomic E-state index is -1.04. The summed E-state index contributed by atoms with van der Waals surface area (Å²) in [6.07, 6.45) is 1.46. The maximum Gasteiger partial charge on any atom is 0.284 e. The number of thiazole rings is 1. The number of hydrogen-bond donors (Lipinski definition) is 1. The molecule has 30 heavy (non-hydrogen) atoms. The van der Waals surface area contributed by atoms with Crippen molar-refractivity contribution in [1.82, 2.24) is 19.7 Å². The van der Waals surface area contributed by atoms with Crippen molar-refractivity contribution < 1.29 is 18.5 Å². The molecule has 0 spiro atoms. The summed E-state index contributed by atoms with van der Waals surface area (Å²) < 4.78 is 28.6. The molecule has 0 bridgehead atoms. The first kappa shape index (κ1) is 19.8. The zero-order valence-electron chi connectivity index (χ0n) is 15.0. The Labute approximate surface area is 174 Å². The third-order valence-corrected chi connectivity index (χ3v) is 5.99. The molecule has 0 saturated carbocycles. The number of benzene rings is 2. The zero-order valence-corrected chi connectivity index (χ0v) is 16.6. The maximum atomic E-state index is 13.3. The van der Waals surface area contributed by atoms with Gasteiger partial charge in [0.25, 0.3) is 11.6 Å². The summed E-state index contributed by atoms with van der Waals surface area (Å²) in [7, 11) is 1.70. The second-order valence-electron chi connectivity index (χ2n) is 5.97. The number of amides is 1. The number of nitro groups is 1. The molecule has 2 heterocycles. The van der Waals surface area contributed by atoms with E-state index in [0.29, 0.717) is 14.8 Å². The van der Waals surface area contributed by atoms with Crippen molar-refractivity contribution >= 4 is 50.0 Å². The summed E-state index contributed by atoms with van der Waals surface area (Å²) in [6, 6.07) is 5.92. The van der Waals surface area contributed by atoms with Crippen molar-refractivity contribution in [2.75, 3.05) is 5.32 Å². The molecule has 0 radical (unpaired) electrons. The van der Waals surface area contributed by atoms with Crippen LogP contribution < -0.4 is 5.32 Å². The van der Waals surface area contributed by atoms with Crippen molar-refractivity contribution in [2.24, 2.45) is 7.05 Å². The van der Waals surface area contributed by atoms with E-state index in [-0.39, 0.29) is 21.9 Å². The van der Waals surface area contributed by atoms with Crippen molar-refractivity contribution in [3.05, 3.63) is 64.0 Å². The Hall–Kier alpha value is -3.45. The molecule has 0 saturated heterocycles. The number of nitrogens with zero attached hydrogens (tertiary/aromatic N) is 5. The van der Waals surface area contributed by atoms with Crippen LogP contribution in [0.2, 0.25) is 0 Å². The summed E-state index contributed by atoms with van der Waals surface area (Å²) in [5.74, 6) is -2.71. The van der Waals surface area contributed by atoms with Crippen LogP contribution in [0.4, 0.5) is 19.6 Å². The molecule has 4 rings (SSSR count). The lowest BCUT2D eigenvalue weighted by Gasteiger charge is -2.05. The number of nitrogens with one attached hydrogen (secondary N) is 1. The number of halogens is 2. The summed E-state index contributed by atoms with van der Waals surface area (Å²) in [5, 5.41) is 22.1. The number of nitro benzene ring substituents is 1. The fraction of sp³-hybridized carbons (Fsp3) is 0.0588. The second-order valence-corrected chi connectivity index (χ2v) is 8.01. The molecule has 2 aromatic heterocycles. The van der Waals surface area contributed by atoms with E-state index in [1.807, 2.05) is 0 Å². The van der Waals surface area contributed by atoms with Crippen molar-refractivity contribution in [1.29, 1.82) is 0 Å². The Balaban J connectivity index is 1.60. The number of carbonyl (C=O) groups is 1. The Morgan fingerprint density at radius 3 is 2.73 bits per heavy atom. The van der Waals surface area contributed by atoms with Crippen LogP contribution in [0.5, 0.6) is 0 Å². The molecule has 0 aliphatic rings. The van der Waals surface area contributed by atoms with Crippen LogP contribution in [0.25, 0.3) is 10.2 Å². The van der Waals surface area contributed by atoms with Crippen LogP contribution in [0.1, 0.15) is 10.4 Å². The van der Waals surface area contributed by atoms with Crippen LogP contribution in [0, 0.1) is 21.7 Å². The molecular formula is C17H10F2N6O3S2. The molecule has 0 aliphatic heterocycles. The van der Waals surface area contributed by atoms with Gasteiger partial charge in [0.2, 0.25) is 0 Å². The number of hydrogen-bond acceptors (Lipinski definition) is 8. The molecule has 4 aromatic rings. The minimum Gasteiger partial charge on any atom is -0.311 e. The van der Waals surface area contributed by atoms with Gasteiger partial charge in [0.1, 0.15) is 6.33 Å². The molecule has 9 nitrogen and oxygen atoms in total. The number of anilines is 1. The monoisotopic (exact) mass is 448 g/mol. The lowest BCUT2D eigenvalue weighted by molar-refractivity contribution is -0.387. The van der Waals surface area contributed by atoms with E-state index in [0.717, 1.165) is 41.3 Å². The number of aromatic nitrogens is 4. The molecule has 1 N–H and O–H groups in total. The van der Waals surface area contributed by atoms with Gasteiger partial charge in [-0.2, -0.15) is 0 Å². The second kappa shape index (κ2) is 7.76. The van der Waals surface area contributed by atoms with Gasteiger partial charge in [0.05, 0.1) is 20.0 Å². The molecular weight excluding hydrogens is 438 g/mol. The molecule has 1 amide bonds. The van der Waals surface area contributed by atoms with Gasteiger partial charge in [-0.05, 0) is 30.0 Å². The first-order valence-electron chi connectivity index (χ1n) is 8.19. The predicted octanol–water partition coefficient (Wildman–Crippen LogP) is 4.01. The fourth-order valence-corrected chi connectivity index (χ4v) is 4.21. The van der Waals surface area contributed by atoms with E-state index in [9.17, 15) is 23.7 Å². The van der Waals surface area contributed by atoms with Crippen LogP contribution >= 0.6 is 23.1 Å². The molecule has 152 valence electrons. The van der Waals surface area contributed by atoms with Gasteiger partial charge in [-0.1, -0.05) is 11.3 Å². The van der Waals surface area contributed by atoms with Gasteiger partial charge >= 0.3 is 0 Å². The molecule has 13 heteroatoms. The Bertz CT molecular complexity index is 1270. The van der Waals surface area contributed by atoms with E-state index in [1.54, 1.807) is 11.6 Å². The van der Waals surface area contributed by atoms with Gasteiger partial charge in [0, 0.05) is 24.7 Å². The van der Waals surface area contributed by atoms with Crippen LogP contribution in [0.15, 0.2) is 46.7 Å². The smallest absolute Gasteiger partial charge is 0.284 e. The third-order valence-electron chi connectivity index (χ3n) is 3.94. The normalized spacial score (nSPS) is 11.0. The fourth-order valence-electron chi connectivity index (χ4n) is 2.50. The Morgan fingerprint density at radius 1 is 1.27 bits per heavy atom. The van der Waals surface area contributed by atoms with E-state index in [1.165, 1.54) is 18.5 Å². The van der Waals surface area contributed by atoms with E-state index in [4.69, 9.17) is 0 Å². The van der Waals surface area contributed by atoms with E-state index >= 15 is 0 Å². The number of aryl methyl sites for hydroxylation is 1. The topological polar surface area (TPSA) is 116 Å². The van der Waals surface area contributed by atoms with Crippen molar-refractivity contribution in [3.63, 3.8) is 0 Å². The molecule has 0 fully saturated rings. The zero-order chi connectivity index (χ0) is 21.4. The maximum absolute atomic E-state index is 13.3. The third kappa shape index (κ3) is 3.84. The number of fused-ring (bicyclic) bond motifs is 1. The first-order chi connectivity index (χ1) is 14.3. The average Bonchev–Trinajstić information content (AvgIpc) is 3.27. The van der Waals surface area contributed by atoms with Gasteiger partial charge in [-0.15, -0.1) is 10.2 Å². The van der Waals surface area contributed by atoms with Gasteiger partial charge in [-0.25, -0.2) is 13.8 Å². The molecule has 2 aromatic carbocycles. The molecule has 0 aliphatic carbocycles.